The Balaban J connectivity index is 2.02. The SMILES string of the molecule is Cc1ccc(NC(=S)NC(=O)c2ccc(OCCC(C)C)c(Br)c2)c([N+](=O)[O-])c1. The number of thiocarbonyl (C=S) groups is 1. The van der Waals surface area contributed by atoms with Gasteiger partial charge < -0.3 is 10.1 Å². The summed E-state index contributed by atoms with van der Waals surface area (Å²) < 4.78 is 6.36. The van der Waals surface area contributed by atoms with Crippen LogP contribution < -0.4 is 15.4 Å². The van der Waals surface area contributed by atoms with E-state index >= 15 is 0 Å². The van der Waals surface area contributed by atoms with Gasteiger partial charge in [-0.3, -0.25) is 20.2 Å². The molecule has 7 nitrogen and oxygen atoms in total. The number of rotatable bonds is 7. The zero-order valence-electron chi connectivity index (χ0n) is 16.3. The number of anilines is 1. The number of ether oxygens (including phenoxy) is 1. The van der Waals surface area contributed by atoms with Gasteiger partial charge in [-0.1, -0.05) is 19.9 Å². The van der Waals surface area contributed by atoms with Crippen molar-refractivity contribution in [1.82, 2.24) is 5.32 Å². The van der Waals surface area contributed by atoms with Gasteiger partial charge in [-0.25, -0.2) is 0 Å². The van der Waals surface area contributed by atoms with Gasteiger partial charge in [0.25, 0.3) is 11.6 Å². The van der Waals surface area contributed by atoms with E-state index in [1.54, 1.807) is 37.3 Å². The number of nitro groups is 1. The van der Waals surface area contributed by atoms with Gasteiger partial charge in [0.15, 0.2) is 5.11 Å². The van der Waals surface area contributed by atoms with E-state index < -0.39 is 10.8 Å². The molecule has 2 aromatic rings. The van der Waals surface area contributed by atoms with Gasteiger partial charge in [0.2, 0.25) is 0 Å². The Hall–Kier alpha value is -2.52. The molecule has 154 valence electrons. The molecule has 0 saturated carbocycles. The highest BCUT2D eigenvalue weighted by molar-refractivity contribution is 9.10. The number of benzene rings is 2. The Kier molecular flexibility index (Phi) is 8.10. The van der Waals surface area contributed by atoms with Crippen molar-refractivity contribution in [3.63, 3.8) is 0 Å². The first kappa shape index (κ1) is 22.8. The summed E-state index contributed by atoms with van der Waals surface area (Å²) in [6.07, 6.45) is 0.930. The van der Waals surface area contributed by atoms with E-state index in [1.165, 1.54) is 6.07 Å². The van der Waals surface area contributed by atoms with E-state index in [0.717, 1.165) is 12.0 Å². The summed E-state index contributed by atoms with van der Waals surface area (Å²) in [7, 11) is 0. The number of nitrogens with zero attached hydrogens (tertiary/aromatic N) is 1. The molecule has 0 aliphatic carbocycles. The Morgan fingerprint density at radius 2 is 2.00 bits per heavy atom. The van der Waals surface area contributed by atoms with E-state index in [0.29, 0.717) is 28.3 Å². The number of hydrogen-bond donors (Lipinski definition) is 2. The molecule has 0 unspecified atom stereocenters. The summed E-state index contributed by atoms with van der Waals surface area (Å²) in [6.45, 7) is 6.58. The lowest BCUT2D eigenvalue weighted by atomic mass is 10.1. The second-order valence-electron chi connectivity index (χ2n) is 6.86. The lowest BCUT2D eigenvalue weighted by Gasteiger charge is -2.12. The molecule has 0 bridgehead atoms. The highest BCUT2D eigenvalue weighted by Gasteiger charge is 2.16. The molecule has 0 aliphatic heterocycles. The molecule has 1 amide bonds. The number of amides is 1. The van der Waals surface area contributed by atoms with Crippen LogP contribution in [0.2, 0.25) is 0 Å². The molecule has 29 heavy (non-hydrogen) atoms. The topological polar surface area (TPSA) is 93.5 Å². The molecule has 0 heterocycles. The van der Waals surface area contributed by atoms with Crippen LogP contribution in [0.15, 0.2) is 40.9 Å². The molecule has 0 aliphatic rings. The molecule has 0 radical (unpaired) electrons. The lowest BCUT2D eigenvalue weighted by molar-refractivity contribution is -0.383. The fourth-order valence-corrected chi connectivity index (χ4v) is 3.09. The number of carbonyl (C=O) groups is 1. The molecular weight excluding hydrogens is 458 g/mol. The van der Waals surface area contributed by atoms with E-state index in [2.05, 4.69) is 40.4 Å². The second-order valence-corrected chi connectivity index (χ2v) is 8.12. The van der Waals surface area contributed by atoms with Crippen LogP contribution in [0.5, 0.6) is 5.75 Å². The average Bonchev–Trinajstić information content (AvgIpc) is 2.63. The van der Waals surface area contributed by atoms with Crippen molar-refractivity contribution in [3.8, 4) is 5.75 Å². The van der Waals surface area contributed by atoms with Gasteiger partial charge in [0, 0.05) is 11.6 Å². The first-order valence-electron chi connectivity index (χ1n) is 8.97. The van der Waals surface area contributed by atoms with Gasteiger partial charge in [0.1, 0.15) is 11.4 Å². The quantitative estimate of drug-likeness (QED) is 0.321. The number of nitro benzene ring substituents is 1. The first-order chi connectivity index (χ1) is 13.7. The van der Waals surface area contributed by atoms with Crippen molar-refractivity contribution < 1.29 is 14.5 Å². The number of aryl methyl sites for hydroxylation is 1. The Morgan fingerprint density at radius 3 is 2.62 bits per heavy atom. The normalized spacial score (nSPS) is 10.5. The Labute approximate surface area is 183 Å². The molecule has 0 saturated heterocycles. The smallest absolute Gasteiger partial charge is 0.292 e. The van der Waals surface area contributed by atoms with E-state index in [1.807, 2.05) is 0 Å². The van der Waals surface area contributed by atoms with Crippen molar-refractivity contribution in [2.75, 3.05) is 11.9 Å². The summed E-state index contributed by atoms with van der Waals surface area (Å²) in [5, 5.41) is 16.4. The first-order valence-corrected chi connectivity index (χ1v) is 10.2. The Morgan fingerprint density at radius 1 is 1.28 bits per heavy atom. The minimum absolute atomic E-state index is 0.0321. The highest BCUT2D eigenvalue weighted by Crippen LogP contribution is 2.27. The molecule has 9 heteroatoms. The molecule has 2 rings (SSSR count). The van der Waals surface area contributed by atoms with Crippen LogP contribution in [0.3, 0.4) is 0 Å². The standard InChI is InChI=1S/C20H22BrN3O4S/c1-12(2)8-9-28-18-7-5-14(11-15(18)21)19(25)23-20(29)22-16-6-4-13(3)10-17(16)24(26)27/h4-7,10-12H,8-9H2,1-3H3,(H2,22,23,25,29). The summed E-state index contributed by atoms with van der Waals surface area (Å²) in [5.41, 5.74) is 1.21. The van der Waals surface area contributed by atoms with Gasteiger partial charge in [0.05, 0.1) is 16.0 Å². The third-order valence-electron chi connectivity index (χ3n) is 3.97. The predicted octanol–water partition coefficient (Wildman–Crippen LogP) is 5.22. The average molecular weight is 480 g/mol. The number of halogens is 1. The number of hydrogen-bond acceptors (Lipinski definition) is 5. The summed E-state index contributed by atoms with van der Waals surface area (Å²) in [6, 6.07) is 9.67. The van der Waals surface area contributed by atoms with Crippen LogP contribution in [-0.4, -0.2) is 22.5 Å². The second kappa shape index (κ2) is 10.3. The van der Waals surface area contributed by atoms with Crippen molar-refractivity contribution >= 4 is 50.5 Å². The molecule has 0 atom stereocenters. The summed E-state index contributed by atoms with van der Waals surface area (Å²) in [5.74, 6) is 0.751. The molecule has 0 spiro atoms. The molecule has 0 fully saturated rings. The Bertz CT molecular complexity index is 934. The fraction of sp³-hybridized carbons (Fsp3) is 0.300. The maximum Gasteiger partial charge on any atom is 0.292 e. The van der Waals surface area contributed by atoms with Crippen LogP contribution in [-0.2, 0) is 0 Å². The molecule has 2 N–H and O–H groups in total. The minimum Gasteiger partial charge on any atom is -0.492 e. The highest BCUT2D eigenvalue weighted by atomic mass is 79.9. The zero-order chi connectivity index (χ0) is 21.6. The number of nitrogens with one attached hydrogen (secondary N) is 2. The van der Waals surface area contributed by atoms with Crippen LogP contribution in [0.4, 0.5) is 11.4 Å². The third-order valence-corrected chi connectivity index (χ3v) is 4.80. The maximum atomic E-state index is 12.5. The van der Waals surface area contributed by atoms with E-state index in [4.69, 9.17) is 17.0 Å². The summed E-state index contributed by atoms with van der Waals surface area (Å²) in [4.78, 5) is 23.1. The molecule has 0 aromatic heterocycles. The van der Waals surface area contributed by atoms with Gasteiger partial charge in [-0.15, -0.1) is 0 Å². The molecular formula is C20H22BrN3O4S. The van der Waals surface area contributed by atoms with Crippen molar-refractivity contribution in [3.05, 3.63) is 62.1 Å². The van der Waals surface area contributed by atoms with Gasteiger partial charge in [-0.2, -0.15) is 0 Å². The minimum atomic E-state index is -0.505. The van der Waals surface area contributed by atoms with Crippen molar-refractivity contribution in [2.45, 2.75) is 27.2 Å². The van der Waals surface area contributed by atoms with Crippen LogP contribution in [0, 0.1) is 23.0 Å². The predicted molar refractivity (Wildman–Crippen MR) is 121 cm³/mol. The van der Waals surface area contributed by atoms with Crippen LogP contribution in [0.1, 0.15) is 36.2 Å². The van der Waals surface area contributed by atoms with Crippen molar-refractivity contribution in [2.24, 2.45) is 5.92 Å². The van der Waals surface area contributed by atoms with Crippen LogP contribution >= 0.6 is 28.1 Å². The lowest BCUT2D eigenvalue weighted by Crippen LogP contribution is -2.34. The zero-order valence-corrected chi connectivity index (χ0v) is 18.7. The third kappa shape index (κ3) is 6.79. The molecule has 2 aromatic carbocycles. The van der Waals surface area contributed by atoms with Gasteiger partial charge >= 0.3 is 0 Å². The number of carbonyl (C=O) groups excluding carboxylic acids is 1. The fourth-order valence-electron chi connectivity index (χ4n) is 2.39. The largest absolute Gasteiger partial charge is 0.492 e. The van der Waals surface area contributed by atoms with Crippen molar-refractivity contribution in [1.29, 1.82) is 0 Å². The maximum absolute atomic E-state index is 12.5. The van der Waals surface area contributed by atoms with Crippen LogP contribution in [0.25, 0.3) is 0 Å². The van der Waals surface area contributed by atoms with Gasteiger partial charge in [-0.05, 0) is 77.2 Å². The van der Waals surface area contributed by atoms with E-state index in [9.17, 15) is 14.9 Å². The summed E-state index contributed by atoms with van der Waals surface area (Å²) >= 11 is 8.54. The van der Waals surface area contributed by atoms with E-state index in [-0.39, 0.29) is 16.5 Å². The monoisotopic (exact) mass is 479 g/mol.